The highest BCUT2D eigenvalue weighted by Gasteiger charge is 2.10. The average Bonchev–Trinajstić information content (AvgIpc) is 2.85. The van der Waals surface area contributed by atoms with Crippen molar-refractivity contribution in [3.8, 4) is 0 Å². The van der Waals surface area contributed by atoms with Crippen LogP contribution in [0.2, 0.25) is 0 Å². The maximum Gasteiger partial charge on any atom is 0.194 e. The first-order valence-corrected chi connectivity index (χ1v) is 8.95. The van der Waals surface area contributed by atoms with E-state index >= 15 is 0 Å². The summed E-state index contributed by atoms with van der Waals surface area (Å²) in [6.45, 7) is 6.21. The van der Waals surface area contributed by atoms with Crippen molar-refractivity contribution >= 4 is 45.9 Å². The summed E-state index contributed by atoms with van der Waals surface area (Å²) in [6, 6.07) is 2.15. The van der Waals surface area contributed by atoms with Gasteiger partial charge in [-0.05, 0) is 41.8 Å². The zero-order valence-corrected chi connectivity index (χ0v) is 18.6. The van der Waals surface area contributed by atoms with Crippen LogP contribution >= 0.6 is 39.9 Å². The molecule has 136 valence electrons. The molecule has 0 aliphatic carbocycles. The summed E-state index contributed by atoms with van der Waals surface area (Å²) in [5, 5.41) is 3.38. The van der Waals surface area contributed by atoms with Crippen molar-refractivity contribution in [2.75, 3.05) is 33.4 Å². The molecule has 0 unspecified atom stereocenters. The monoisotopic (exact) mass is 510 g/mol. The van der Waals surface area contributed by atoms with E-state index in [0.29, 0.717) is 0 Å². The molecule has 0 amide bonds. The van der Waals surface area contributed by atoms with Crippen molar-refractivity contribution < 1.29 is 4.74 Å². The Labute approximate surface area is 170 Å². The van der Waals surface area contributed by atoms with Crippen LogP contribution in [0.25, 0.3) is 0 Å². The first-order chi connectivity index (χ1) is 11.1. The first-order valence-electron chi connectivity index (χ1n) is 8.16. The summed E-state index contributed by atoms with van der Waals surface area (Å²) >= 11 is 3.53. The van der Waals surface area contributed by atoms with Gasteiger partial charge in [-0.25, -0.2) is 0 Å². The van der Waals surface area contributed by atoms with E-state index in [1.54, 1.807) is 0 Å². The lowest BCUT2D eigenvalue weighted by atomic mass is 10.1. The second-order valence-corrected chi connectivity index (χ2v) is 6.71. The molecule has 1 N–H and O–H groups in total. The third-order valence-electron chi connectivity index (χ3n) is 3.92. The van der Waals surface area contributed by atoms with Crippen molar-refractivity contribution in [2.45, 2.75) is 26.3 Å². The number of nitrogens with zero attached hydrogens (tertiary/aromatic N) is 3. The topological polar surface area (TPSA) is 41.8 Å². The van der Waals surface area contributed by atoms with E-state index in [2.05, 4.69) is 70.1 Å². The Balaban J connectivity index is 0.00000288. The van der Waals surface area contributed by atoms with E-state index < -0.39 is 0 Å². The summed E-state index contributed by atoms with van der Waals surface area (Å²) in [7, 11) is 4.14. The van der Waals surface area contributed by atoms with Crippen LogP contribution in [0, 0.1) is 0 Å². The molecule has 24 heavy (non-hydrogen) atoms. The minimum Gasteiger partial charge on any atom is -0.377 e. The molecule has 5 nitrogen and oxygen atoms in total. The lowest BCUT2D eigenvalue weighted by molar-refractivity contribution is 0.153. The quantitative estimate of drug-likeness (QED) is 0.275. The molecule has 0 spiro atoms. The zero-order valence-electron chi connectivity index (χ0n) is 14.7. The van der Waals surface area contributed by atoms with Crippen molar-refractivity contribution in [3.63, 3.8) is 0 Å². The van der Waals surface area contributed by atoms with Crippen molar-refractivity contribution in [1.82, 2.24) is 14.8 Å². The van der Waals surface area contributed by atoms with Crippen LogP contribution in [-0.2, 0) is 18.3 Å². The number of nitrogens with one attached hydrogen (secondary N) is 1. The molecule has 0 aromatic carbocycles. The van der Waals surface area contributed by atoms with Crippen LogP contribution in [0.5, 0.6) is 0 Å². The fourth-order valence-electron chi connectivity index (χ4n) is 2.61. The molecule has 0 atom stereocenters. The number of aryl methyl sites for hydroxylation is 1. The van der Waals surface area contributed by atoms with Crippen molar-refractivity contribution in [3.05, 3.63) is 34.1 Å². The normalized spacial score (nSPS) is 14.8. The molecule has 0 saturated carbocycles. The van der Waals surface area contributed by atoms with Gasteiger partial charge in [-0.15, -0.1) is 24.0 Å². The summed E-state index contributed by atoms with van der Waals surface area (Å²) in [5.41, 5.74) is 2.71. The zero-order chi connectivity index (χ0) is 16.7. The Morgan fingerprint density at radius 3 is 2.88 bits per heavy atom. The molecule has 1 aromatic heterocycles. The number of aliphatic imine (C=N–C) groups is 1. The smallest absolute Gasteiger partial charge is 0.194 e. The minimum atomic E-state index is 0. The van der Waals surface area contributed by atoms with Gasteiger partial charge in [0.15, 0.2) is 5.96 Å². The largest absolute Gasteiger partial charge is 0.377 e. The standard InChI is InChI=1S/C17H27BrN4O.HI/c1-4-19-17(20-8-5-14-6-9-23-10-7-14)22(3)13-16-11-15(18)12-21(16)2;/h6,11-12H,4-5,7-10,13H2,1-3H3,(H,19,20);1H. The van der Waals surface area contributed by atoms with Gasteiger partial charge in [0, 0.05) is 43.5 Å². The van der Waals surface area contributed by atoms with E-state index in [-0.39, 0.29) is 24.0 Å². The molecule has 1 aliphatic heterocycles. The van der Waals surface area contributed by atoms with Gasteiger partial charge in [0.2, 0.25) is 0 Å². The van der Waals surface area contributed by atoms with Crippen molar-refractivity contribution in [2.24, 2.45) is 12.0 Å². The fourth-order valence-corrected chi connectivity index (χ4v) is 3.18. The number of guanidine groups is 1. The van der Waals surface area contributed by atoms with Crippen LogP contribution in [0.3, 0.4) is 0 Å². The van der Waals surface area contributed by atoms with Crippen LogP contribution in [-0.4, -0.2) is 48.8 Å². The van der Waals surface area contributed by atoms with Crippen LogP contribution in [0.4, 0.5) is 0 Å². The fraction of sp³-hybridized carbons (Fsp3) is 0.588. The maximum absolute atomic E-state index is 5.34. The lowest BCUT2D eigenvalue weighted by Gasteiger charge is -2.22. The van der Waals surface area contributed by atoms with Gasteiger partial charge in [0.25, 0.3) is 0 Å². The third kappa shape index (κ3) is 6.76. The van der Waals surface area contributed by atoms with Gasteiger partial charge in [-0.2, -0.15) is 0 Å². The molecule has 0 fully saturated rings. The number of aromatic nitrogens is 1. The summed E-state index contributed by atoms with van der Waals surface area (Å²) in [5.74, 6) is 0.956. The average molecular weight is 511 g/mol. The molecule has 0 radical (unpaired) electrons. The molecule has 7 heteroatoms. The second-order valence-electron chi connectivity index (χ2n) is 5.79. The van der Waals surface area contributed by atoms with Gasteiger partial charge in [0.05, 0.1) is 19.8 Å². The molecular formula is C17H28BrIN4O. The highest BCUT2D eigenvalue weighted by atomic mass is 127. The molecule has 2 rings (SSSR count). The third-order valence-corrected chi connectivity index (χ3v) is 4.36. The number of halogens is 2. The maximum atomic E-state index is 5.34. The van der Waals surface area contributed by atoms with Crippen LogP contribution in [0.1, 0.15) is 25.5 Å². The number of rotatable bonds is 6. The Bertz CT molecular complexity index is 571. The van der Waals surface area contributed by atoms with E-state index in [9.17, 15) is 0 Å². The highest BCUT2D eigenvalue weighted by Crippen LogP contribution is 2.15. The lowest BCUT2D eigenvalue weighted by Crippen LogP contribution is -2.38. The number of hydrogen-bond donors (Lipinski definition) is 1. The summed E-state index contributed by atoms with van der Waals surface area (Å²) < 4.78 is 8.59. The Morgan fingerprint density at radius 2 is 2.29 bits per heavy atom. The predicted molar refractivity (Wildman–Crippen MR) is 114 cm³/mol. The highest BCUT2D eigenvalue weighted by molar-refractivity contribution is 14.0. The van der Waals surface area contributed by atoms with Crippen molar-refractivity contribution in [1.29, 1.82) is 0 Å². The molecule has 0 saturated heterocycles. The minimum absolute atomic E-state index is 0. The van der Waals surface area contributed by atoms with E-state index in [1.807, 2.05) is 0 Å². The van der Waals surface area contributed by atoms with E-state index in [1.165, 1.54) is 11.3 Å². The van der Waals surface area contributed by atoms with Crippen LogP contribution < -0.4 is 5.32 Å². The Kier molecular flexibility index (Phi) is 9.99. The van der Waals surface area contributed by atoms with Crippen LogP contribution in [0.15, 0.2) is 33.4 Å². The van der Waals surface area contributed by atoms with Gasteiger partial charge < -0.3 is 19.5 Å². The molecule has 1 aromatic rings. The molecule has 0 bridgehead atoms. The summed E-state index contributed by atoms with van der Waals surface area (Å²) in [6.07, 6.45) is 6.32. The van der Waals surface area contributed by atoms with Gasteiger partial charge >= 0.3 is 0 Å². The number of ether oxygens (including phenoxy) is 1. The Morgan fingerprint density at radius 1 is 1.50 bits per heavy atom. The van der Waals surface area contributed by atoms with Gasteiger partial charge in [-0.1, -0.05) is 11.6 Å². The molecule has 1 aliphatic rings. The first kappa shape index (κ1) is 21.5. The molecular weight excluding hydrogens is 483 g/mol. The van der Waals surface area contributed by atoms with Gasteiger partial charge in [-0.3, -0.25) is 4.99 Å². The second kappa shape index (κ2) is 11.1. The predicted octanol–water partition coefficient (Wildman–Crippen LogP) is 3.54. The van der Waals surface area contributed by atoms with E-state index in [4.69, 9.17) is 9.73 Å². The SMILES string of the molecule is CCNC(=NCCC1=CCOCC1)N(C)Cc1cc(Br)cn1C.I. The summed E-state index contributed by atoms with van der Waals surface area (Å²) in [4.78, 5) is 6.94. The molecule has 2 heterocycles. The number of hydrogen-bond acceptors (Lipinski definition) is 2. The van der Waals surface area contributed by atoms with Gasteiger partial charge in [0.1, 0.15) is 0 Å². The van der Waals surface area contributed by atoms with E-state index in [0.717, 1.165) is 56.1 Å². The Hall–Kier alpha value is -0.540.